The monoisotopic (exact) mass is 301 g/mol. The summed E-state index contributed by atoms with van der Waals surface area (Å²) in [6, 6.07) is 6.01. The van der Waals surface area contributed by atoms with Crippen LogP contribution in [0.5, 0.6) is 5.75 Å². The zero-order chi connectivity index (χ0) is 15.8. The molecule has 0 bridgehead atoms. The number of hydrogen-bond donors (Lipinski definition) is 1. The summed E-state index contributed by atoms with van der Waals surface area (Å²) in [7, 11) is 1.60. The average Bonchev–Trinajstić information content (AvgIpc) is 2.39. The fourth-order valence-electron chi connectivity index (χ4n) is 1.72. The van der Waals surface area contributed by atoms with Gasteiger partial charge in [0.1, 0.15) is 5.75 Å². The Morgan fingerprint density at radius 2 is 1.86 bits per heavy atom. The summed E-state index contributed by atoms with van der Waals surface area (Å²) in [5.74, 6) is -1.03. The van der Waals surface area contributed by atoms with Crippen molar-refractivity contribution in [2.24, 2.45) is 0 Å². The van der Waals surface area contributed by atoms with E-state index in [0.29, 0.717) is 13.0 Å². The maximum Gasteiger partial charge on any atom is 0.387 e. The molecule has 0 atom stereocenters. The number of carboxylic acid groups (broad SMARTS) is 1. The minimum absolute atomic E-state index is 0.0424. The van der Waals surface area contributed by atoms with Gasteiger partial charge in [-0.15, -0.1) is 0 Å². The molecule has 7 heteroatoms. The van der Waals surface area contributed by atoms with Crippen molar-refractivity contribution in [1.82, 2.24) is 4.90 Å². The Balaban J connectivity index is 2.44. The summed E-state index contributed by atoms with van der Waals surface area (Å²) in [6.45, 7) is -2.55. The first kappa shape index (κ1) is 16.9. The highest BCUT2D eigenvalue weighted by Crippen LogP contribution is 2.16. The van der Waals surface area contributed by atoms with Gasteiger partial charge < -0.3 is 14.7 Å². The second kappa shape index (κ2) is 8.18. The third-order valence-electron chi connectivity index (χ3n) is 2.78. The Bertz CT molecular complexity index is 476. The van der Waals surface area contributed by atoms with Crippen molar-refractivity contribution in [3.05, 3.63) is 29.8 Å². The number of halogens is 2. The molecule has 0 aliphatic carbocycles. The molecule has 0 fully saturated rings. The molecule has 0 aliphatic rings. The molecule has 0 unspecified atom stereocenters. The molecule has 0 spiro atoms. The number of carboxylic acids is 1. The minimum atomic E-state index is -2.87. The van der Waals surface area contributed by atoms with Crippen LogP contribution in [0.2, 0.25) is 0 Å². The Labute approximate surface area is 121 Å². The van der Waals surface area contributed by atoms with Gasteiger partial charge in [0.25, 0.3) is 0 Å². The average molecular weight is 301 g/mol. The molecule has 0 heterocycles. The first-order valence-electron chi connectivity index (χ1n) is 6.38. The number of carbonyl (C=O) groups excluding carboxylic acids is 1. The first-order chi connectivity index (χ1) is 9.88. The second-order valence-electron chi connectivity index (χ2n) is 4.52. The number of carbonyl (C=O) groups is 2. The lowest BCUT2D eigenvalue weighted by Gasteiger charge is -2.17. The van der Waals surface area contributed by atoms with E-state index < -0.39 is 12.6 Å². The maximum absolute atomic E-state index is 12.0. The van der Waals surface area contributed by atoms with Gasteiger partial charge in [-0.3, -0.25) is 9.59 Å². The van der Waals surface area contributed by atoms with E-state index in [1.54, 1.807) is 19.2 Å². The van der Waals surface area contributed by atoms with Crippen LogP contribution in [0.15, 0.2) is 24.3 Å². The van der Waals surface area contributed by atoms with E-state index in [1.807, 2.05) is 0 Å². The van der Waals surface area contributed by atoms with Gasteiger partial charge in [0.2, 0.25) is 5.91 Å². The number of rotatable bonds is 8. The smallest absolute Gasteiger partial charge is 0.387 e. The van der Waals surface area contributed by atoms with E-state index in [9.17, 15) is 18.4 Å². The molecule has 1 rings (SSSR count). The molecule has 1 aromatic rings. The van der Waals surface area contributed by atoms with Gasteiger partial charge in [-0.25, -0.2) is 0 Å². The summed E-state index contributed by atoms with van der Waals surface area (Å²) >= 11 is 0. The number of hydrogen-bond acceptors (Lipinski definition) is 3. The highest BCUT2D eigenvalue weighted by atomic mass is 19.3. The lowest BCUT2D eigenvalue weighted by atomic mass is 10.2. The molecule has 1 aromatic carbocycles. The Morgan fingerprint density at radius 3 is 2.38 bits per heavy atom. The van der Waals surface area contributed by atoms with Crippen molar-refractivity contribution < 1.29 is 28.2 Å². The number of benzene rings is 1. The van der Waals surface area contributed by atoms with Gasteiger partial charge in [0.05, 0.1) is 0 Å². The first-order valence-corrected chi connectivity index (χ1v) is 6.38. The van der Waals surface area contributed by atoms with E-state index in [0.717, 1.165) is 5.56 Å². The Hall–Kier alpha value is -2.18. The van der Waals surface area contributed by atoms with Gasteiger partial charge in [0, 0.05) is 26.4 Å². The topological polar surface area (TPSA) is 66.8 Å². The molecular weight excluding hydrogens is 284 g/mol. The predicted octanol–water partition coefficient (Wildman–Crippen LogP) is 2.50. The van der Waals surface area contributed by atoms with Gasteiger partial charge >= 0.3 is 12.6 Å². The largest absolute Gasteiger partial charge is 0.481 e. The van der Waals surface area contributed by atoms with E-state index in [4.69, 9.17) is 5.11 Å². The third-order valence-corrected chi connectivity index (χ3v) is 2.78. The van der Waals surface area contributed by atoms with Gasteiger partial charge in [0.15, 0.2) is 0 Å². The van der Waals surface area contributed by atoms with Crippen molar-refractivity contribution in [2.75, 3.05) is 7.05 Å². The van der Waals surface area contributed by atoms with Crippen molar-refractivity contribution >= 4 is 11.9 Å². The van der Waals surface area contributed by atoms with E-state index in [1.165, 1.54) is 17.0 Å². The van der Waals surface area contributed by atoms with Crippen molar-refractivity contribution in [3.63, 3.8) is 0 Å². The number of alkyl halides is 2. The van der Waals surface area contributed by atoms with Crippen molar-refractivity contribution in [1.29, 1.82) is 0 Å². The third kappa shape index (κ3) is 6.69. The summed E-state index contributed by atoms with van der Waals surface area (Å²) < 4.78 is 28.2. The van der Waals surface area contributed by atoms with Crippen molar-refractivity contribution in [2.45, 2.75) is 32.4 Å². The van der Waals surface area contributed by atoms with Crippen molar-refractivity contribution in [3.8, 4) is 5.75 Å². The van der Waals surface area contributed by atoms with Crippen LogP contribution in [0.3, 0.4) is 0 Å². The molecule has 116 valence electrons. The van der Waals surface area contributed by atoms with Crippen LogP contribution in [0, 0.1) is 0 Å². The van der Waals surface area contributed by atoms with Gasteiger partial charge in [-0.2, -0.15) is 8.78 Å². The molecule has 5 nitrogen and oxygen atoms in total. The highest BCUT2D eigenvalue weighted by molar-refractivity contribution is 5.76. The lowest BCUT2D eigenvalue weighted by molar-refractivity contribution is -0.137. The second-order valence-corrected chi connectivity index (χ2v) is 4.52. The van der Waals surface area contributed by atoms with Crippen LogP contribution in [0.25, 0.3) is 0 Å². The van der Waals surface area contributed by atoms with Crippen LogP contribution < -0.4 is 4.74 Å². The number of nitrogens with zero attached hydrogens (tertiary/aromatic N) is 1. The van der Waals surface area contributed by atoms with E-state index >= 15 is 0 Å². The van der Waals surface area contributed by atoms with Gasteiger partial charge in [-0.05, 0) is 24.1 Å². The van der Waals surface area contributed by atoms with E-state index in [2.05, 4.69) is 4.74 Å². The van der Waals surface area contributed by atoms with Crippen LogP contribution in [-0.4, -0.2) is 35.5 Å². The van der Waals surface area contributed by atoms with Gasteiger partial charge in [-0.1, -0.05) is 12.1 Å². The molecule has 0 aromatic heterocycles. The molecule has 0 radical (unpaired) electrons. The zero-order valence-corrected chi connectivity index (χ0v) is 11.6. The molecule has 0 aliphatic heterocycles. The van der Waals surface area contributed by atoms with Crippen LogP contribution >= 0.6 is 0 Å². The maximum atomic E-state index is 12.0. The normalized spacial score (nSPS) is 10.5. The minimum Gasteiger partial charge on any atom is -0.481 e. The van der Waals surface area contributed by atoms with E-state index in [-0.39, 0.29) is 24.5 Å². The molecule has 21 heavy (non-hydrogen) atoms. The fraction of sp³-hybridized carbons (Fsp3) is 0.429. The fourth-order valence-corrected chi connectivity index (χ4v) is 1.72. The molecule has 1 amide bonds. The molecule has 0 saturated carbocycles. The molecular formula is C14H17F2NO4. The number of amides is 1. The quantitative estimate of drug-likeness (QED) is 0.801. The van der Waals surface area contributed by atoms with Crippen LogP contribution in [0.1, 0.15) is 24.8 Å². The Morgan fingerprint density at radius 1 is 1.24 bits per heavy atom. The standard InChI is InChI=1S/C14H17F2NO4/c1-17(12(18)3-2-4-13(19)20)9-10-5-7-11(8-6-10)21-14(15)16/h5-8,14H,2-4,9H2,1H3,(H,19,20). The predicted molar refractivity (Wildman–Crippen MR) is 71.0 cm³/mol. The Kier molecular flexibility index (Phi) is 6.58. The molecule has 1 N–H and O–H groups in total. The summed E-state index contributed by atoms with van der Waals surface area (Å²) in [5.41, 5.74) is 0.769. The SMILES string of the molecule is CN(Cc1ccc(OC(F)F)cc1)C(=O)CCCC(=O)O. The number of aliphatic carboxylic acids is 1. The lowest BCUT2D eigenvalue weighted by Crippen LogP contribution is -2.26. The zero-order valence-electron chi connectivity index (χ0n) is 11.6. The summed E-state index contributed by atoms with van der Waals surface area (Å²) in [4.78, 5) is 23.6. The number of ether oxygens (including phenoxy) is 1. The van der Waals surface area contributed by atoms with Crippen LogP contribution in [-0.2, 0) is 16.1 Å². The molecule has 0 saturated heterocycles. The highest BCUT2D eigenvalue weighted by Gasteiger charge is 2.10. The summed E-state index contributed by atoms with van der Waals surface area (Å²) in [6.07, 6.45) is 0.411. The summed E-state index contributed by atoms with van der Waals surface area (Å²) in [5, 5.41) is 8.50. The van der Waals surface area contributed by atoms with Crippen LogP contribution in [0.4, 0.5) is 8.78 Å².